The second-order valence-electron chi connectivity index (χ2n) is 5.11. The topological polar surface area (TPSA) is 47.9 Å². The molecule has 0 saturated carbocycles. The second-order valence-corrected chi connectivity index (χ2v) is 5.11. The van der Waals surface area contributed by atoms with Crippen LogP contribution in [0.3, 0.4) is 0 Å². The standard InChI is InChI=1S/C10H10O2.C10H12O2/c1-2-3-8-4-5-9-10(6-8)12-7-11-9;1-3-4-8-5-6-9(11)10(7-8)12-2/h2,4-6H,1,3,7H2;3-7,11H,1-2H3. The van der Waals surface area contributed by atoms with Gasteiger partial charge in [0.1, 0.15) is 0 Å². The molecule has 0 unspecified atom stereocenters. The molecule has 0 atom stereocenters. The summed E-state index contributed by atoms with van der Waals surface area (Å²) in [6.07, 6.45) is 6.63. The van der Waals surface area contributed by atoms with E-state index in [0.717, 1.165) is 23.5 Å². The van der Waals surface area contributed by atoms with Crippen LogP contribution in [0.5, 0.6) is 23.0 Å². The van der Waals surface area contributed by atoms with Gasteiger partial charge in [-0.25, -0.2) is 0 Å². The Balaban J connectivity index is 0.000000174. The zero-order valence-electron chi connectivity index (χ0n) is 14.0. The molecule has 1 N–H and O–H groups in total. The number of phenols is 1. The number of methoxy groups -OCH3 is 1. The Morgan fingerprint density at radius 2 is 1.96 bits per heavy atom. The van der Waals surface area contributed by atoms with E-state index < -0.39 is 0 Å². The third-order valence-corrected chi connectivity index (χ3v) is 3.38. The van der Waals surface area contributed by atoms with Crippen LogP contribution in [0.25, 0.3) is 6.08 Å². The fourth-order valence-corrected chi connectivity index (χ4v) is 2.22. The SMILES string of the molecule is C=CCc1ccc2c(c1)OCO2.CC=Cc1ccc(O)c(OC)c1. The van der Waals surface area contributed by atoms with Crippen LogP contribution in [0.1, 0.15) is 18.1 Å². The van der Waals surface area contributed by atoms with E-state index in [-0.39, 0.29) is 5.75 Å². The molecule has 2 aromatic carbocycles. The minimum Gasteiger partial charge on any atom is -0.504 e. The van der Waals surface area contributed by atoms with Crippen LogP contribution in [0.15, 0.2) is 55.1 Å². The summed E-state index contributed by atoms with van der Waals surface area (Å²) in [4.78, 5) is 0. The molecule has 126 valence electrons. The van der Waals surface area contributed by atoms with Crippen LogP contribution in [-0.4, -0.2) is 19.0 Å². The molecule has 1 heterocycles. The van der Waals surface area contributed by atoms with Gasteiger partial charge in [0.2, 0.25) is 6.79 Å². The summed E-state index contributed by atoms with van der Waals surface area (Å²) in [5.41, 5.74) is 2.22. The van der Waals surface area contributed by atoms with Crippen LogP contribution in [-0.2, 0) is 6.42 Å². The van der Waals surface area contributed by atoms with Gasteiger partial charge in [0.25, 0.3) is 0 Å². The van der Waals surface area contributed by atoms with Gasteiger partial charge >= 0.3 is 0 Å². The summed E-state index contributed by atoms with van der Waals surface area (Å²) in [7, 11) is 1.54. The first kappa shape index (κ1) is 17.5. The number of rotatable bonds is 4. The van der Waals surface area contributed by atoms with Crippen molar-refractivity contribution in [1.29, 1.82) is 0 Å². The Hall–Kier alpha value is -2.88. The van der Waals surface area contributed by atoms with Crippen molar-refractivity contribution in [2.45, 2.75) is 13.3 Å². The molecule has 0 aromatic heterocycles. The maximum Gasteiger partial charge on any atom is 0.231 e. The molecule has 0 radical (unpaired) electrons. The molecular weight excluding hydrogens is 304 g/mol. The molecule has 0 aliphatic carbocycles. The van der Waals surface area contributed by atoms with Crippen LogP contribution < -0.4 is 14.2 Å². The molecule has 4 nitrogen and oxygen atoms in total. The third-order valence-electron chi connectivity index (χ3n) is 3.38. The molecule has 1 aliphatic rings. The average molecular weight is 326 g/mol. The van der Waals surface area contributed by atoms with Crippen molar-refractivity contribution in [3.8, 4) is 23.0 Å². The van der Waals surface area contributed by atoms with Crippen molar-refractivity contribution in [3.63, 3.8) is 0 Å². The van der Waals surface area contributed by atoms with E-state index in [4.69, 9.17) is 14.2 Å². The number of fused-ring (bicyclic) bond motifs is 1. The van der Waals surface area contributed by atoms with Gasteiger partial charge in [-0.2, -0.15) is 0 Å². The van der Waals surface area contributed by atoms with Crippen molar-refractivity contribution in [2.75, 3.05) is 13.9 Å². The molecule has 4 heteroatoms. The van der Waals surface area contributed by atoms with E-state index in [0.29, 0.717) is 12.5 Å². The number of phenolic OH excluding ortho intramolecular Hbond substituents is 1. The summed E-state index contributed by atoms with van der Waals surface area (Å²) in [6.45, 7) is 5.96. The first-order valence-corrected chi connectivity index (χ1v) is 7.67. The molecule has 0 bridgehead atoms. The lowest BCUT2D eigenvalue weighted by molar-refractivity contribution is 0.174. The second kappa shape index (κ2) is 8.67. The quantitative estimate of drug-likeness (QED) is 0.836. The maximum atomic E-state index is 9.25. The van der Waals surface area contributed by atoms with Crippen molar-refractivity contribution in [2.24, 2.45) is 0 Å². The molecular formula is C20H22O4. The summed E-state index contributed by atoms with van der Waals surface area (Å²) in [5.74, 6) is 2.36. The van der Waals surface area contributed by atoms with Crippen molar-refractivity contribution in [1.82, 2.24) is 0 Å². The van der Waals surface area contributed by atoms with Crippen LogP contribution in [0.2, 0.25) is 0 Å². The highest BCUT2D eigenvalue weighted by molar-refractivity contribution is 5.55. The molecule has 24 heavy (non-hydrogen) atoms. The van der Waals surface area contributed by atoms with Crippen molar-refractivity contribution >= 4 is 6.08 Å². The number of aromatic hydroxyl groups is 1. The number of benzene rings is 2. The smallest absolute Gasteiger partial charge is 0.231 e. The van der Waals surface area contributed by atoms with E-state index in [1.165, 1.54) is 12.7 Å². The highest BCUT2D eigenvalue weighted by Crippen LogP contribution is 2.32. The Labute approximate surface area is 142 Å². The van der Waals surface area contributed by atoms with Crippen LogP contribution in [0.4, 0.5) is 0 Å². The highest BCUT2D eigenvalue weighted by Gasteiger charge is 2.12. The predicted octanol–water partition coefficient (Wildman–Crippen LogP) is 4.58. The van der Waals surface area contributed by atoms with Gasteiger partial charge in [0.05, 0.1) is 7.11 Å². The molecule has 3 rings (SSSR count). The Kier molecular flexibility index (Phi) is 6.32. The lowest BCUT2D eigenvalue weighted by atomic mass is 10.1. The number of allylic oxidation sites excluding steroid dienone is 2. The van der Waals surface area contributed by atoms with Gasteiger partial charge < -0.3 is 19.3 Å². The average Bonchev–Trinajstić information content (AvgIpc) is 3.05. The molecule has 0 fully saturated rings. The van der Waals surface area contributed by atoms with Gasteiger partial charge in [-0.1, -0.05) is 30.4 Å². The van der Waals surface area contributed by atoms with E-state index in [1.54, 1.807) is 12.1 Å². The lowest BCUT2D eigenvalue weighted by Crippen LogP contribution is -1.92. The maximum absolute atomic E-state index is 9.25. The first-order valence-electron chi connectivity index (χ1n) is 7.67. The van der Waals surface area contributed by atoms with Gasteiger partial charge in [0, 0.05) is 0 Å². The third kappa shape index (κ3) is 4.56. The number of hydrogen-bond donors (Lipinski definition) is 1. The lowest BCUT2D eigenvalue weighted by Gasteiger charge is -2.03. The summed E-state index contributed by atoms with van der Waals surface area (Å²) >= 11 is 0. The highest BCUT2D eigenvalue weighted by atomic mass is 16.7. The Morgan fingerprint density at radius 3 is 2.67 bits per heavy atom. The zero-order chi connectivity index (χ0) is 17.4. The molecule has 1 aliphatic heterocycles. The van der Waals surface area contributed by atoms with E-state index in [2.05, 4.69) is 6.58 Å². The minimum atomic E-state index is 0.172. The molecule has 2 aromatic rings. The van der Waals surface area contributed by atoms with E-state index >= 15 is 0 Å². The van der Waals surface area contributed by atoms with Crippen LogP contribution in [0, 0.1) is 0 Å². The number of hydrogen-bond acceptors (Lipinski definition) is 4. The molecule has 0 spiro atoms. The summed E-state index contributed by atoms with van der Waals surface area (Å²) in [5, 5.41) is 9.25. The Bertz CT molecular complexity index is 720. The summed E-state index contributed by atoms with van der Waals surface area (Å²) < 4.78 is 15.4. The van der Waals surface area contributed by atoms with E-state index in [9.17, 15) is 5.11 Å². The fraction of sp³-hybridized carbons (Fsp3) is 0.200. The monoisotopic (exact) mass is 326 g/mol. The summed E-state index contributed by atoms with van der Waals surface area (Å²) in [6, 6.07) is 11.2. The fourth-order valence-electron chi connectivity index (χ4n) is 2.22. The van der Waals surface area contributed by atoms with Gasteiger partial charge in [0.15, 0.2) is 23.0 Å². The molecule has 0 amide bonds. The largest absolute Gasteiger partial charge is 0.504 e. The van der Waals surface area contributed by atoms with Gasteiger partial charge in [-0.15, -0.1) is 6.58 Å². The van der Waals surface area contributed by atoms with Gasteiger partial charge in [-0.05, 0) is 48.7 Å². The minimum absolute atomic E-state index is 0.172. The first-order chi connectivity index (χ1) is 11.7. The van der Waals surface area contributed by atoms with E-state index in [1.807, 2.05) is 49.4 Å². The zero-order valence-corrected chi connectivity index (χ0v) is 14.0. The molecule has 0 saturated heterocycles. The Morgan fingerprint density at radius 1 is 1.17 bits per heavy atom. The van der Waals surface area contributed by atoms with Gasteiger partial charge in [-0.3, -0.25) is 0 Å². The van der Waals surface area contributed by atoms with Crippen molar-refractivity contribution < 1.29 is 19.3 Å². The number of ether oxygens (including phenoxy) is 3. The van der Waals surface area contributed by atoms with Crippen molar-refractivity contribution in [3.05, 3.63) is 66.3 Å². The van der Waals surface area contributed by atoms with Crippen LogP contribution >= 0.6 is 0 Å². The normalized spacial score (nSPS) is 11.8. The predicted molar refractivity (Wildman–Crippen MR) is 95.8 cm³/mol.